The molecule has 7 nitrogen and oxygen atoms in total. The third-order valence-electron chi connectivity index (χ3n) is 3.97. The molecule has 0 radical (unpaired) electrons. The van der Waals surface area contributed by atoms with Crippen LogP contribution in [0, 0.1) is 6.92 Å². The van der Waals surface area contributed by atoms with Gasteiger partial charge in [-0.3, -0.25) is 9.78 Å². The lowest BCUT2D eigenvalue weighted by atomic mass is 10.2. The number of fused-ring (bicyclic) bond motifs is 1. The molecule has 3 heterocycles. The molecule has 4 rings (SSSR count). The summed E-state index contributed by atoms with van der Waals surface area (Å²) in [5, 5.41) is 6.96. The zero-order valence-electron chi connectivity index (χ0n) is 14.6. The van der Waals surface area contributed by atoms with Crippen LogP contribution in [0.4, 0.5) is 11.6 Å². The molecule has 1 amide bonds. The number of nitrogens with one attached hydrogen (secondary N) is 2. The van der Waals surface area contributed by atoms with Crippen molar-refractivity contribution in [2.45, 2.75) is 13.5 Å². The molecule has 3 aromatic heterocycles. The summed E-state index contributed by atoms with van der Waals surface area (Å²) in [6.07, 6.45) is 3.30. The molecule has 27 heavy (non-hydrogen) atoms. The van der Waals surface area contributed by atoms with E-state index in [0.717, 1.165) is 16.6 Å². The van der Waals surface area contributed by atoms with Gasteiger partial charge in [-0.25, -0.2) is 9.97 Å². The van der Waals surface area contributed by atoms with Crippen molar-refractivity contribution in [2.24, 2.45) is 0 Å². The third kappa shape index (κ3) is 3.77. The number of hydrogen-bond donors (Lipinski definition) is 2. The topological polar surface area (TPSA) is 92.9 Å². The van der Waals surface area contributed by atoms with Crippen LogP contribution in [-0.2, 0) is 6.54 Å². The first-order valence-electron chi connectivity index (χ1n) is 8.46. The van der Waals surface area contributed by atoms with Crippen LogP contribution in [0.3, 0.4) is 0 Å². The van der Waals surface area contributed by atoms with Crippen molar-refractivity contribution in [2.75, 3.05) is 5.32 Å². The standard InChI is InChI=1S/C20H17N5O2/c1-13-11-17(19(26)22-12-15-7-4-10-27-15)25-20(23-13)24-16-8-2-5-14-6-3-9-21-18(14)16/h2-11H,12H2,1H3,(H,22,26)(H,23,24,25). The van der Waals surface area contributed by atoms with Gasteiger partial charge in [0.15, 0.2) is 0 Å². The normalized spacial score (nSPS) is 10.7. The van der Waals surface area contributed by atoms with E-state index in [9.17, 15) is 4.79 Å². The second-order valence-corrected chi connectivity index (χ2v) is 5.99. The highest BCUT2D eigenvalue weighted by atomic mass is 16.3. The van der Waals surface area contributed by atoms with Gasteiger partial charge in [0, 0.05) is 17.3 Å². The van der Waals surface area contributed by atoms with Crippen molar-refractivity contribution in [1.29, 1.82) is 0 Å². The number of anilines is 2. The maximum atomic E-state index is 12.4. The quantitative estimate of drug-likeness (QED) is 0.565. The minimum absolute atomic E-state index is 0.282. The zero-order chi connectivity index (χ0) is 18.6. The average molecular weight is 359 g/mol. The van der Waals surface area contributed by atoms with Crippen LogP contribution >= 0.6 is 0 Å². The zero-order valence-corrected chi connectivity index (χ0v) is 14.6. The summed E-state index contributed by atoms with van der Waals surface area (Å²) in [5.41, 5.74) is 2.56. The van der Waals surface area contributed by atoms with E-state index >= 15 is 0 Å². The molecular weight excluding hydrogens is 342 g/mol. The minimum atomic E-state index is -0.295. The average Bonchev–Trinajstić information content (AvgIpc) is 3.19. The number of carbonyl (C=O) groups is 1. The van der Waals surface area contributed by atoms with Gasteiger partial charge in [0.25, 0.3) is 5.91 Å². The van der Waals surface area contributed by atoms with Gasteiger partial charge in [-0.1, -0.05) is 18.2 Å². The van der Waals surface area contributed by atoms with Crippen LogP contribution in [-0.4, -0.2) is 20.9 Å². The van der Waals surface area contributed by atoms with Gasteiger partial charge in [-0.05, 0) is 37.3 Å². The van der Waals surface area contributed by atoms with Crippen molar-refractivity contribution in [1.82, 2.24) is 20.3 Å². The number of benzene rings is 1. The molecule has 1 aromatic carbocycles. The molecule has 0 fully saturated rings. The summed E-state index contributed by atoms with van der Waals surface area (Å²) in [4.78, 5) is 25.6. The fourth-order valence-electron chi connectivity index (χ4n) is 2.74. The van der Waals surface area contributed by atoms with Gasteiger partial charge in [-0.2, -0.15) is 0 Å². The number of amides is 1. The highest BCUT2D eigenvalue weighted by molar-refractivity contribution is 5.93. The van der Waals surface area contributed by atoms with Crippen LogP contribution < -0.4 is 10.6 Å². The van der Waals surface area contributed by atoms with Gasteiger partial charge in [0.1, 0.15) is 11.5 Å². The maximum Gasteiger partial charge on any atom is 0.270 e. The van der Waals surface area contributed by atoms with Crippen LogP contribution in [0.25, 0.3) is 10.9 Å². The van der Waals surface area contributed by atoms with E-state index in [4.69, 9.17) is 4.42 Å². The molecule has 7 heteroatoms. The van der Waals surface area contributed by atoms with Crippen molar-refractivity contribution in [3.63, 3.8) is 0 Å². The molecular formula is C20H17N5O2. The van der Waals surface area contributed by atoms with Gasteiger partial charge in [0.2, 0.25) is 5.95 Å². The van der Waals surface area contributed by atoms with Crippen molar-refractivity contribution < 1.29 is 9.21 Å². The minimum Gasteiger partial charge on any atom is -0.467 e. The smallest absolute Gasteiger partial charge is 0.270 e. The number of rotatable bonds is 5. The molecule has 2 N–H and O–H groups in total. The van der Waals surface area contributed by atoms with Crippen molar-refractivity contribution in [3.8, 4) is 0 Å². The lowest BCUT2D eigenvalue weighted by molar-refractivity contribution is 0.0943. The molecule has 134 valence electrons. The summed E-state index contributed by atoms with van der Waals surface area (Å²) in [5.74, 6) is 0.724. The SMILES string of the molecule is Cc1cc(C(=O)NCc2ccco2)nc(Nc2cccc3cccnc23)n1. The first kappa shape index (κ1) is 16.7. The fraction of sp³-hybridized carbons (Fsp3) is 0.100. The Kier molecular flexibility index (Phi) is 4.49. The molecule has 0 spiro atoms. The van der Waals surface area contributed by atoms with E-state index < -0.39 is 0 Å². The Morgan fingerprint density at radius 1 is 1.11 bits per heavy atom. The highest BCUT2D eigenvalue weighted by Gasteiger charge is 2.12. The highest BCUT2D eigenvalue weighted by Crippen LogP contribution is 2.23. The van der Waals surface area contributed by atoms with Gasteiger partial charge >= 0.3 is 0 Å². The van der Waals surface area contributed by atoms with E-state index in [0.29, 0.717) is 23.9 Å². The molecule has 0 aliphatic carbocycles. The van der Waals surface area contributed by atoms with Gasteiger partial charge < -0.3 is 15.1 Å². The number of aromatic nitrogens is 3. The predicted octanol–water partition coefficient (Wildman–Crippen LogP) is 3.60. The van der Waals surface area contributed by atoms with E-state index in [1.807, 2.05) is 37.3 Å². The van der Waals surface area contributed by atoms with Crippen LogP contribution in [0.2, 0.25) is 0 Å². The second kappa shape index (κ2) is 7.25. The van der Waals surface area contributed by atoms with Gasteiger partial charge in [-0.15, -0.1) is 0 Å². The molecule has 0 atom stereocenters. The Balaban J connectivity index is 1.57. The Morgan fingerprint density at radius 3 is 2.85 bits per heavy atom. The lowest BCUT2D eigenvalue weighted by Crippen LogP contribution is -2.24. The molecule has 0 saturated heterocycles. The third-order valence-corrected chi connectivity index (χ3v) is 3.97. The summed E-state index contributed by atoms with van der Waals surface area (Å²) >= 11 is 0. The summed E-state index contributed by atoms with van der Waals surface area (Å²) < 4.78 is 5.22. The molecule has 0 bridgehead atoms. The van der Waals surface area contributed by atoms with Crippen molar-refractivity contribution >= 4 is 28.4 Å². The first-order valence-corrected chi connectivity index (χ1v) is 8.46. The number of para-hydroxylation sites is 1. The Morgan fingerprint density at radius 2 is 2.00 bits per heavy atom. The van der Waals surface area contributed by atoms with E-state index in [-0.39, 0.29) is 11.6 Å². The largest absolute Gasteiger partial charge is 0.467 e. The molecule has 0 aliphatic rings. The van der Waals surface area contributed by atoms with Crippen LogP contribution in [0.5, 0.6) is 0 Å². The summed E-state index contributed by atoms with van der Waals surface area (Å²) in [6, 6.07) is 14.9. The van der Waals surface area contributed by atoms with Crippen LogP contribution in [0.1, 0.15) is 21.9 Å². The molecule has 4 aromatic rings. The Labute approximate surface area is 155 Å². The van der Waals surface area contributed by atoms with E-state index in [1.165, 1.54) is 0 Å². The molecule has 0 aliphatic heterocycles. The number of pyridine rings is 1. The van der Waals surface area contributed by atoms with E-state index in [2.05, 4.69) is 25.6 Å². The predicted molar refractivity (Wildman–Crippen MR) is 102 cm³/mol. The number of hydrogen-bond acceptors (Lipinski definition) is 6. The monoisotopic (exact) mass is 359 g/mol. The number of nitrogens with zero attached hydrogens (tertiary/aromatic N) is 3. The number of furan rings is 1. The Bertz CT molecular complexity index is 1090. The van der Waals surface area contributed by atoms with Crippen molar-refractivity contribution in [3.05, 3.63) is 78.1 Å². The summed E-state index contributed by atoms with van der Waals surface area (Å²) in [7, 11) is 0. The Hall–Kier alpha value is -3.74. The van der Waals surface area contributed by atoms with E-state index in [1.54, 1.807) is 30.7 Å². The molecule has 0 saturated carbocycles. The maximum absolute atomic E-state index is 12.4. The van der Waals surface area contributed by atoms with Gasteiger partial charge in [0.05, 0.1) is 24.0 Å². The van der Waals surface area contributed by atoms with Crippen LogP contribution in [0.15, 0.2) is 65.4 Å². The molecule has 0 unspecified atom stereocenters. The fourth-order valence-corrected chi connectivity index (χ4v) is 2.74. The summed E-state index contributed by atoms with van der Waals surface area (Å²) in [6.45, 7) is 2.11. The number of carbonyl (C=O) groups excluding carboxylic acids is 1. The lowest BCUT2D eigenvalue weighted by Gasteiger charge is -2.10. The number of aryl methyl sites for hydroxylation is 1. The second-order valence-electron chi connectivity index (χ2n) is 5.99. The first-order chi connectivity index (χ1) is 13.2.